The van der Waals surface area contributed by atoms with Gasteiger partial charge in [0.05, 0.1) is 23.7 Å². The maximum atomic E-state index is 17.3. The molecule has 5 aliphatic heterocycles. The maximum absolute atomic E-state index is 17.3. The molecule has 2 unspecified atom stereocenters. The summed E-state index contributed by atoms with van der Waals surface area (Å²) < 4.78 is 36.7. The molecule has 1 amide bonds. The fourth-order valence-electron chi connectivity index (χ4n) is 9.57. The number of anilines is 1. The molecular formula is C40H44ClFN6O4. The van der Waals surface area contributed by atoms with Crippen molar-refractivity contribution in [3.8, 4) is 23.1 Å². The average Bonchev–Trinajstić information content (AvgIpc) is 3.71. The minimum Gasteiger partial charge on any atom is -0.471 e. The second kappa shape index (κ2) is 12.2. The van der Waals surface area contributed by atoms with Crippen LogP contribution in [0.1, 0.15) is 66.2 Å². The predicted octanol–water partition coefficient (Wildman–Crippen LogP) is 7.94. The van der Waals surface area contributed by atoms with Gasteiger partial charge in [0.25, 0.3) is 0 Å². The van der Waals surface area contributed by atoms with Gasteiger partial charge in [-0.2, -0.15) is 9.97 Å². The van der Waals surface area contributed by atoms with Crippen molar-refractivity contribution in [2.45, 2.75) is 102 Å². The van der Waals surface area contributed by atoms with Crippen LogP contribution >= 0.6 is 11.6 Å². The van der Waals surface area contributed by atoms with E-state index in [1.165, 1.54) is 5.57 Å². The van der Waals surface area contributed by atoms with E-state index in [9.17, 15) is 4.79 Å². The number of aromatic nitrogens is 3. The lowest BCUT2D eigenvalue weighted by atomic mass is 9.94. The Hall–Kier alpha value is -4.22. The summed E-state index contributed by atoms with van der Waals surface area (Å²) in [6.07, 6.45) is 4.42. The minimum absolute atomic E-state index is 0.0816. The van der Waals surface area contributed by atoms with Crippen molar-refractivity contribution < 1.29 is 23.4 Å². The minimum atomic E-state index is -0.637. The van der Waals surface area contributed by atoms with Crippen LogP contribution in [0.2, 0.25) is 5.02 Å². The van der Waals surface area contributed by atoms with Crippen molar-refractivity contribution in [2.24, 2.45) is 0 Å². The Labute approximate surface area is 307 Å². The number of halogens is 2. The number of piperazine rings is 1. The van der Waals surface area contributed by atoms with Crippen molar-refractivity contribution in [3.63, 3.8) is 0 Å². The summed E-state index contributed by atoms with van der Waals surface area (Å²) in [5.41, 5.74) is 1.10. The standard InChI is InChI=1S/C40H44ClFN6O4/c1-6-28-34-27-15-14-24(48(27)38(49)52-39(3,4)5)20-47(34)35-30-33(44-37(45-35)50-21-40-16-9-17-46(40)19-22(2)18-40)31(42)32(43-36(30)51-28)25-12-7-10-23-11-8-13-26(41)29(23)25/h7-8,10-13,24,27-28,34H,2,6,9,14-21H2,1,3-5H3/t24-,27+,28?,34+,40?/m1/s1. The first kappa shape index (κ1) is 33.6. The molecule has 7 heterocycles. The molecule has 0 aliphatic carbocycles. The summed E-state index contributed by atoms with van der Waals surface area (Å²) in [7, 11) is 0. The van der Waals surface area contributed by atoms with E-state index in [-0.39, 0.29) is 52.9 Å². The monoisotopic (exact) mass is 726 g/mol. The highest BCUT2D eigenvalue weighted by atomic mass is 35.5. The maximum Gasteiger partial charge on any atom is 0.410 e. The summed E-state index contributed by atoms with van der Waals surface area (Å²) in [5.74, 6) is 0.174. The molecule has 0 saturated carbocycles. The van der Waals surface area contributed by atoms with Gasteiger partial charge in [-0.25, -0.2) is 14.2 Å². The molecule has 4 aromatic rings. The fourth-order valence-corrected chi connectivity index (χ4v) is 9.86. The number of amides is 1. The van der Waals surface area contributed by atoms with Gasteiger partial charge in [0.2, 0.25) is 5.88 Å². The normalized spacial score (nSPS) is 26.8. The molecule has 0 radical (unpaired) electrons. The van der Waals surface area contributed by atoms with E-state index in [1.54, 1.807) is 6.07 Å². The van der Waals surface area contributed by atoms with E-state index >= 15 is 4.39 Å². The number of rotatable bonds is 5. The molecule has 9 rings (SSSR count). The predicted molar refractivity (Wildman–Crippen MR) is 199 cm³/mol. The van der Waals surface area contributed by atoms with Crippen molar-refractivity contribution in [2.75, 3.05) is 31.1 Å². The molecule has 2 aromatic heterocycles. The lowest BCUT2D eigenvalue weighted by molar-refractivity contribution is -0.000587. The van der Waals surface area contributed by atoms with Crippen LogP contribution in [0.15, 0.2) is 48.6 Å². The number of carbonyl (C=O) groups is 1. The number of ether oxygens (including phenoxy) is 3. The van der Waals surface area contributed by atoms with E-state index < -0.39 is 17.5 Å². The third kappa shape index (κ3) is 5.29. The first-order chi connectivity index (χ1) is 24.9. The van der Waals surface area contributed by atoms with Crippen LogP contribution in [0.4, 0.5) is 15.0 Å². The quantitative estimate of drug-likeness (QED) is 0.190. The van der Waals surface area contributed by atoms with Crippen LogP contribution in [0.5, 0.6) is 11.9 Å². The van der Waals surface area contributed by atoms with E-state index in [4.69, 9.17) is 40.8 Å². The zero-order valence-electron chi connectivity index (χ0n) is 30.1. The number of carbonyl (C=O) groups excluding carboxylic acids is 1. The van der Waals surface area contributed by atoms with Crippen LogP contribution in [0.3, 0.4) is 0 Å². The Balaban J connectivity index is 1.21. The summed E-state index contributed by atoms with van der Waals surface area (Å²) in [5, 5.41) is 2.46. The van der Waals surface area contributed by atoms with Gasteiger partial charge in [0, 0.05) is 29.1 Å². The van der Waals surface area contributed by atoms with E-state index in [0.29, 0.717) is 46.7 Å². The lowest BCUT2D eigenvalue weighted by Crippen LogP contribution is -2.65. The van der Waals surface area contributed by atoms with Crippen LogP contribution in [0, 0.1) is 5.82 Å². The van der Waals surface area contributed by atoms with Crippen LogP contribution in [-0.4, -0.2) is 92.5 Å². The second-order valence-corrected chi connectivity index (χ2v) is 16.5. The first-order valence-corrected chi connectivity index (χ1v) is 18.9. The van der Waals surface area contributed by atoms with Gasteiger partial charge in [0.1, 0.15) is 40.7 Å². The Morgan fingerprint density at radius 2 is 1.94 bits per heavy atom. The zero-order chi connectivity index (χ0) is 36.1. The van der Waals surface area contributed by atoms with Gasteiger partial charge in [-0.05, 0) is 77.3 Å². The number of nitrogens with zero attached hydrogens (tertiary/aromatic N) is 6. The number of fused-ring (bicyclic) bond motifs is 7. The summed E-state index contributed by atoms with van der Waals surface area (Å²) >= 11 is 6.76. The molecule has 4 saturated heterocycles. The van der Waals surface area contributed by atoms with Gasteiger partial charge in [-0.3, -0.25) is 9.80 Å². The Morgan fingerprint density at radius 1 is 1.13 bits per heavy atom. The number of benzene rings is 2. The molecule has 0 N–H and O–H groups in total. The second-order valence-electron chi connectivity index (χ2n) is 16.1. The molecule has 5 aliphatic rings. The number of hydrogen-bond acceptors (Lipinski definition) is 9. The fraction of sp³-hybridized carbons (Fsp3) is 0.500. The van der Waals surface area contributed by atoms with Crippen molar-refractivity contribution in [1.29, 1.82) is 0 Å². The van der Waals surface area contributed by atoms with Gasteiger partial charge in [-0.1, -0.05) is 61.0 Å². The lowest BCUT2D eigenvalue weighted by Gasteiger charge is -2.48. The summed E-state index contributed by atoms with van der Waals surface area (Å²) in [6.45, 7) is 14.7. The smallest absolute Gasteiger partial charge is 0.410 e. The van der Waals surface area contributed by atoms with Gasteiger partial charge in [-0.15, -0.1) is 0 Å². The van der Waals surface area contributed by atoms with Crippen molar-refractivity contribution in [1.82, 2.24) is 24.8 Å². The number of pyridine rings is 1. The van der Waals surface area contributed by atoms with Gasteiger partial charge < -0.3 is 19.1 Å². The van der Waals surface area contributed by atoms with Crippen molar-refractivity contribution in [3.05, 3.63) is 59.4 Å². The Morgan fingerprint density at radius 3 is 2.73 bits per heavy atom. The van der Waals surface area contributed by atoms with E-state index in [0.717, 1.165) is 50.6 Å². The summed E-state index contributed by atoms with van der Waals surface area (Å²) in [4.78, 5) is 35.1. The van der Waals surface area contributed by atoms with Gasteiger partial charge in [0.15, 0.2) is 5.82 Å². The van der Waals surface area contributed by atoms with Crippen LogP contribution < -0.4 is 14.4 Å². The molecule has 0 spiro atoms. The first-order valence-electron chi connectivity index (χ1n) is 18.5. The molecule has 12 heteroatoms. The highest BCUT2D eigenvalue weighted by molar-refractivity contribution is 6.36. The highest BCUT2D eigenvalue weighted by Gasteiger charge is 2.54. The van der Waals surface area contributed by atoms with Crippen LogP contribution in [0.25, 0.3) is 32.9 Å². The topological polar surface area (TPSA) is 93.2 Å². The highest BCUT2D eigenvalue weighted by Crippen LogP contribution is 2.48. The Bertz CT molecular complexity index is 2140. The molecule has 2 bridgehead atoms. The number of hydrogen-bond donors (Lipinski definition) is 0. The average molecular weight is 727 g/mol. The molecule has 2 aromatic carbocycles. The van der Waals surface area contributed by atoms with E-state index in [1.807, 2.05) is 56.0 Å². The zero-order valence-corrected chi connectivity index (χ0v) is 30.9. The molecule has 4 fully saturated rings. The summed E-state index contributed by atoms with van der Waals surface area (Å²) in [6, 6.07) is 10.7. The SMILES string of the molecule is C=C1CN2CCCC2(COc2nc3c4c(nc(-c5cccc6cccc(Cl)c56)c(F)c4n2)OC(CC)[C@@H]2[C@@H]4CC[C@H](CN32)N4C(=O)OC(C)(C)C)C1. The Kier molecular flexibility index (Phi) is 7.86. The third-order valence-corrected chi connectivity index (χ3v) is 12.0. The molecule has 52 heavy (non-hydrogen) atoms. The van der Waals surface area contributed by atoms with Crippen molar-refractivity contribution >= 4 is 45.2 Å². The van der Waals surface area contributed by atoms with E-state index in [2.05, 4.69) is 23.3 Å². The third-order valence-electron chi connectivity index (χ3n) is 11.7. The molecular weight excluding hydrogens is 683 g/mol. The molecule has 272 valence electrons. The largest absolute Gasteiger partial charge is 0.471 e. The van der Waals surface area contributed by atoms with Crippen LogP contribution in [-0.2, 0) is 4.74 Å². The molecule has 10 nitrogen and oxygen atoms in total. The molecule has 5 atom stereocenters. The van der Waals surface area contributed by atoms with Gasteiger partial charge >= 0.3 is 12.1 Å².